The van der Waals surface area contributed by atoms with Gasteiger partial charge in [-0.05, 0) is 5.56 Å². The minimum absolute atomic E-state index is 0.140. The topological polar surface area (TPSA) is 80.4 Å². The highest BCUT2D eigenvalue weighted by molar-refractivity contribution is 5.60. The fraction of sp³-hybridized carbons (Fsp3) is 0.125. The van der Waals surface area contributed by atoms with Crippen LogP contribution in [-0.2, 0) is 4.79 Å². The Kier molecular flexibility index (Phi) is 2.71. The van der Waals surface area contributed by atoms with Gasteiger partial charge < -0.3 is 9.90 Å². The van der Waals surface area contributed by atoms with Crippen molar-refractivity contribution < 1.29 is 14.8 Å². The van der Waals surface area contributed by atoms with Gasteiger partial charge in [0.05, 0.1) is 4.92 Å². The van der Waals surface area contributed by atoms with Gasteiger partial charge in [-0.15, -0.1) is 0 Å². The molecule has 1 aromatic rings. The molecule has 1 rings (SSSR count). The van der Waals surface area contributed by atoms with Crippen LogP contribution < -0.4 is 0 Å². The highest BCUT2D eigenvalue weighted by atomic mass is 16.6. The summed E-state index contributed by atoms with van der Waals surface area (Å²) in [5.41, 5.74) is 0.0857. The molecule has 0 aliphatic heterocycles. The summed E-state index contributed by atoms with van der Waals surface area (Å²) in [4.78, 5) is 19.9. The van der Waals surface area contributed by atoms with Gasteiger partial charge >= 0.3 is 0 Å². The van der Waals surface area contributed by atoms with Crippen molar-refractivity contribution in [2.75, 3.05) is 0 Å². The van der Waals surface area contributed by atoms with E-state index in [9.17, 15) is 14.9 Å². The lowest BCUT2D eigenvalue weighted by Crippen LogP contribution is -1.98. The Morgan fingerprint density at radius 2 is 2.23 bits per heavy atom. The van der Waals surface area contributed by atoms with Crippen LogP contribution in [0.5, 0.6) is 0 Å². The zero-order valence-corrected chi connectivity index (χ0v) is 6.58. The van der Waals surface area contributed by atoms with E-state index in [0.29, 0.717) is 6.29 Å². The Morgan fingerprint density at radius 1 is 1.54 bits per heavy atom. The number of aliphatic hydroxyl groups is 1. The van der Waals surface area contributed by atoms with E-state index in [1.54, 1.807) is 0 Å². The van der Waals surface area contributed by atoms with Crippen molar-refractivity contribution in [3.05, 3.63) is 39.9 Å². The Balaban J connectivity index is 3.04. The van der Waals surface area contributed by atoms with Gasteiger partial charge in [0.25, 0.3) is 5.69 Å². The number of aliphatic hydroxyl groups excluding tert-OH is 1. The lowest BCUT2D eigenvalue weighted by Gasteiger charge is -2.01. The molecular formula is C8H7NO4. The Labute approximate surface area is 73.8 Å². The van der Waals surface area contributed by atoms with Crippen LogP contribution in [-0.4, -0.2) is 16.3 Å². The van der Waals surface area contributed by atoms with Crippen molar-refractivity contribution in [1.29, 1.82) is 0 Å². The monoisotopic (exact) mass is 181 g/mol. The summed E-state index contributed by atoms with van der Waals surface area (Å²) in [6, 6.07) is 5.33. The third kappa shape index (κ3) is 2.09. The number of rotatable bonds is 3. The van der Waals surface area contributed by atoms with E-state index in [4.69, 9.17) is 5.11 Å². The summed E-state index contributed by atoms with van der Waals surface area (Å²) in [7, 11) is 0. The minimum Gasteiger partial charge on any atom is -0.381 e. The summed E-state index contributed by atoms with van der Waals surface area (Å²) in [6.07, 6.45) is -0.973. The molecule has 0 bridgehead atoms. The first-order chi connectivity index (χ1) is 6.15. The smallest absolute Gasteiger partial charge is 0.269 e. The molecule has 0 amide bonds. The number of carbonyl (C=O) groups is 1. The van der Waals surface area contributed by atoms with Crippen molar-refractivity contribution in [3.63, 3.8) is 0 Å². The minimum atomic E-state index is -1.29. The molecule has 0 radical (unpaired) electrons. The first-order valence-electron chi connectivity index (χ1n) is 3.53. The molecule has 1 unspecified atom stereocenters. The number of non-ortho nitro benzene ring substituents is 1. The third-order valence-electron chi connectivity index (χ3n) is 1.55. The Morgan fingerprint density at radius 3 is 2.77 bits per heavy atom. The summed E-state index contributed by atoms with van der Waals surface area (Å²) >= 11 is 0. The summed E-state index contributed by atoms with van der Waals surface area (Å²) in [5, 5.41) is 19.3. The number of nitrogens with zero attached hydrogens (tertiary/aromatic N) is 1. The van der Waals surface area contributed by atoms with E-state index in [0.717, 1.165) is 0 Å². The van der Waals surface area contributed by atoms with Gasteiger partial charge in [-0.25, -0.2) is 0 Å². The van der Waals surface area contributed by atoms with Crippen molar-refractivity contribution in [3.8, 4) is 0 Å². The van der Waals surface area contributed by atoms with Crippen molar-refractivity contribution in [1.82, 2.24) is 0 Å². The zero-order valence-electron chi connectivity index (χ0n) is 6.58. The van der Waals surface area contributed by atoms with Gasteiger partial charge in [0.1, 0.15) is 6.10 Å². The number of nitro groups is 1. The molecule has 1 aromatic carbocycles. The maximum atomic E-state index is 10.3. The van der Waals surface area contributed by atoms with Crippen molar-refractivity contribution in [2.24, 2.45) is 0 Å². The van der Waals surface area contributed by atoms with Crippen LogP contribution in [0.3, 0.4) is 0 Å². The molecule has 0 saturated heterocycles. The van der Waals surface area contributed by atoms with Crippen molar-refractivity contribution >= 4 is 12.0 Å². The Bertz CT molecular complexity index is 337. The van der Waals surface area contributed by atoms with E-state index in [1.807, 2.05) is 0 Å². The number of carbonyl (C=O) groups excluding carboxylic acids is 1. The quantitative estimate of drug-likeness (QED) is 0.425. The molecular weight excluding hydrogens is 174 g/mol. The van der Waals surface area contributed by atoms with Crippen LogP contribution in [0.2, 0.25) is 0 Å². The lowest BCUT2D eigenvalue weighted by molar-refractivity contribution is -0.385. The van der Waals surface area contributed by atoms with E-state index in [2.05, 4.69) is 0 Å². The standard InChI is InChI=1S/C8H7NO4/c10-5-8(11)6-2-1-3-7(4-6)9(12)13/h1-5,8,11H. The number of nitro benzene ring substituents is 1. The van der Waals surface area contributed by atoms with E-state index < -0.39 is 11.0 Å². The average Bonchev–Trinajstić information content (AvgIpc) is 2.17. The number of benzene rings is 1. The SMILES string of the molecule is O=CC(O)c1cccc([N+](=O)[O-])c1. The third-order valence-corrected chi connectivity index (χ3v) is 1.55. The largest absolute Gasteiger partial charge is 0.381 e. The molecule has 0 fully saturated rings. The van der Waals surface area contributed by atoms with E-state index in [1.165, 1.54) is 24.3 Å². The molecule has 5 nitrogen and oxygen atoms in total. The number of hydrogen-bond donors (Lipinski definition) is 1. The van der Waals surface area contributed by atoms with E-state index in [-0.39, 0.29) is 11.3 Å². The molecule has 0 aliphatic rings. The average molecular weight is 181 g/mol. The van der Waals surface area contributed by atoms with Crippen LogP contribution in [0.1, 0.15) is 11.7 Å². The van der Waals surface area contributed by atoms with Crippen LogP contribution in [0.25, 0.3) is 0 Å². The molecule has 68 valence electrons. The molecule has 0 spiro atoms. The van der Waals surface area contributed by atoms with Crippen LogP contribution in [0.4, 0.5) is 5.69 Å². The van der Waals surface area contributed by atoms with Gasteiger partial charge in [0, 0.05) is 12.1 Å². The van der Waals surface area contributed by atoms with Crippen LogP contribution >= 0.6 is 0 Å². The zero-order chi connectivity index (χ0) is 9.84. The van der Waals surface area contributed by atoms with Gasteiger partial charge in [-0.2, -0.15) is 0 Å². The van der Waals surface area contributed by atoms with Gasteiger partial charge in [0.2, 0.25) is 0 Å². The second-order valence-electron chi connectivity index (χ2n) is 2.43. The first-order valence-corrected chi connectivity index (χ1v) is 3.53. The predicted octanol–water partition coefficient (Wildman–Crippen LogP) is 0.827. The fourth-order valence-corrected chi connectivity index (χ4v) is 0.901. The maximum Gasteiger partial charge on any atom is 0.269 e. The molecule has 0 heterocycles. The van der Waals surface area contributed by atoms with Crippen molar-refractivity contribution in [2.45, 2.75) is 6.10 Å². The lowest BCUT2D eigenvalue weighted by atomic mass is 10.1. The molecule has 0 saturated carbocycles. The summed E-state index contributed by atoms with van der Waals surface area (Å²) in [6.45, 7) is 0. The molecule has 0 aromatic heterocycles. The molecule has 0 aliphatic carbocycles. The normalized spacial score (nSPS) is 12.1. The fourth-order valence-electron chi connectivity index (χ4n) is 0.901. The van der Waals surface area contributed by atoms with Gasteiger partial charge in [0.15, 0.2) is 6.29 Å². The number of aldehydes is 1. The van der Waals surface area contributed by atoms with E-state index >= 15 is 0 Å². The second-order valence-corrected chi connectivity index (χ2v) is 2.43. The number of hydrogen-bond acceptors (Lipinski definition) is 4. The predicted molar refractivity (Wildman–Crippen MR) is 44.1 cm³/mol. The first kappa shape index (κ1) is 9.34. The van der Waals surface area contributed by atoms with Gasteiger partial charge in [-0.1, -0.05) is 12.1 Å². The molecule has 13 heavy (non-hydrogen) atoms. The summed E-state index contributed by atoms with van der Waals surface area (Å²) in [5.74, 6) is 0. The maximum absolute atomic E-state index is 10.3. The Hall–Kier alpha value is -1.75. The molecule has 1 atom stereocenters. The molecule has 1 N–H and O–H groups in total. The van der Waals surface area contributed by atoms with Crippen LogP contribution in [0, 0.1) is 10.1 Å². The second kappa shape index (κ2) is 3.77. The van der Waals surface area contributed by atoms with Crippen LogP contribution in [0.15, 0.2) is 24.3 Å². The van der Waals surface area contributed by atoms with Gasteiger partial charge in [-0.3, -0.25) is 10.1 Å². The summed E-state index contributed by atoms with van der Waals surface area (Å²) < 4.78 is 0. The molecule has 5 heteroatoms. The highest BCUT2D eigenvalue weighted by Crippen LogP contribution is 2.17. The highest BCUT2D eigenvalue weighted by Gasteiger charge is 2.10.